The Morgan fingerprint density at radius 2 is 1.75 bits per heavy atom. The van der Waals surface area contributed by atoms with E-state index in [2.05, 4.69) is 0 Å². The molecule has 0 spiro atoms. The molecule has 0 N–H and O–H groups in total. The van der Waals surface area contributed by atoms with Crippen molar-refractivity contribution in [3.05, 3.63) is 40.8 Å². The fourth-order valence-electron chi connectivity index (χ4n) is 1.54. The second-order valence-electron chi connectivity index (χ2n) is 3.75. The molecule has 1 aromatic rings. The van der Waals surface area contributed by atoms with Gasteiger partial charge in [0.25, 0.3) is 0 Å². The van der Waals surface area contributed by atoms with Gasteiger partial charge in [0.2, 0.25) is 9.84 Å². The van der Waals surface area contributed by atoms with Crippen LogP contribution in [-0.2, 0) is 9.84 Å². The summed E-state index contributed by atoms with van der Waals surface area (Å²) in [5.74, 6) is 0. The highest BCUT2D eigenvalue weighted by molar-refractivity contribution is 7.95. The van der Waals surface area contributed by atoms with Crippen LogP contribution >= 0.6 is 0 Å². The van der Waals surface area contributed by atoms with Crippen molar-refractivity contribution >= 4 is 9.84 Å². The van der Waals surface area contributed by atoms with Gasteiger partial charge in [-0.2, -0.15) is 0 Å². The Morgan fingerprint density at radius 1 is 1.19 bits per heavy atom. The van der Waals surface area contributed by atoms with Gasteiger partial charge in [0.1, 0.15) is 0 Å². The minimum absolute atomic E-state index is 0.389. The van der Waals surface area contributed by atoms with Crippen molar-refractivity contribution in [2.24, 2.45) is 0 Å². The van der Waals surface area contributed by atoms with E-state index in [1.54, 1.807) is 18.2 Å². The van der Waals surface area contributed by atoms with Crippen LogP contribution in [0.3, 0.4) is 0 Å². The van der Waals surface area contributed by atoms with Crippen LogP contribution in [0.25, 0.3) is 0 Å². The van der Waals surface area contributed by atoms with Crippen molar-refractivity contribution in [2.75, 3.05) is 0 Å². The molecule has 0 heterocycles. The number of hydrogen-bond acceptors (Lipinski definition) is 2. The van der Waals surface area contributed by atoms with Gasteiger partial charge in [-0.3, -0.25) is 0 Å². The molecule has 0 saturated heterocycles. The highest BCUT2D eigenvalue weighted by Gasteiger charge is 2.18. The van der Waals surface area contributed by atoms with Crippen LogP contribution in [-0.4, -0.2) is 8.42 Å². The zero-order valence-electron chi connectivity index (χ0n) is 10.0. The summed E-state index contributed by atoms with van der Waals surface area (Å²) in [6.45, 7) is 5.76. The van der Waals surface area contributed by atoms with E-state index < -0.39 is 9.84 Å². The van der Waals surface area contributed by atoms with Gasteiger partial charge in [-0.15, -0.1) is 0 Å². The molecule has 16 heavy (non-hydrogen) atoms. The summed E-state index contributed by atoms with van der Waals surface area (Å²) in [5, 5.41) is 0. The van der Waals surface area contributed by atoms with E-state index in [0.29, 0.717) is 16.2 Å². The molecule has 0 atom stereocenters. The van der Waals surface area contributed by atoms with Gasteiger partial charge in [0.05, 0.1) is 4.90 Å². The van der Waals surface area contributed by atoms with E-state index in [1.807, 2.05) is 32.9 Å². The molecule has 0 aromatic heterocycles. The predicted molar refractivity (Wildman–Crippen MR) is 67.0 cm³/mol. The Balaban J connectivity index is 3.20. The van der Waals surface area contributed by atoms with Crippen molar-refractivity contribution in [3.8, 4) is 0 Å². The van der Waals surface area contributed by atoms with Crippen LogP contribution < -0.4 is 0 Å². The first kappa shape index (κ1) is 13.0. The number of sulfone groups is 1. The Kier molecular flexibility index (Phi) is 4.30. The normalized spacial score (nSPS) is 12.8. The predicted octanol–water partition coefficient (Wildman–Crippen LogP) is 3.47. The summed E-state index contributed by atoms with van der Waals surface area (Å²) in [5.41, 5.74) is 1.07. The molecule has 0 fully saturated rings. The first-order chi connectivity index (χ1) is 7.52. The van der Waals surface area contributed by atoms with E-state index in [0.717, 1.165) is 12.0 Å². The number of benzene rings is 1. The topological polar surface area (TPSA) is 34.1 Å². The molecule has 0 aliphatic rings. The molecular weight excluding hydrogens is 220 g/mol. The van der Waals surface area contributed by atoms with E-state index in [9.17, 15) is 8.42 Å². The quantitative estimate of drug-likeness (QED) is 0.805. The number of aryl methyl sites for hydroxylation is 1. The summed E-state index contributed by atoms with van der Waals surface area (Å²) in [4.78, 5) is 0.901. The average molecular weight is 238 g/mol. The van der Waals surface area contributed by atoms with Crippen molar-refractivity contribution in [2.45, 2.75) is 38.5 Å². The van der Waals surface area contributed by atoms with Crippen molar-refractivity contribution in [1.82, 2.24) is 0 Å². The summed E-state index contributed by atoms with van der Waals surface area (Å²) in [6.07, 6.45) is 3.08. The number of rotatable bonds is 4. The molecule has 0 radical (unpaired) electrons. The van der Waals surface area contributed by atoms with Gasteiger partial charge >= 0.3 is 0 Å². The van der Waals surface area contributed by atoms with Crippen LogP contribution in [0.4, 0.5) is 0 Å². The zero-order valence-corrected chi connectivity index (χ0v) is 10.8. The third-order valence-corrected chi connectivity index (χ3v) is 4.50. The fraction of sp³-hybridized carbons (Fsp3) is 0.385. The number of allylic oxidation sites excluding steroid dienone is 2. The third kappa shape index (κ3) is 2.73. The molecule has 88 valence electrons. The highest BCUT2D eigenvalue weighted by atomic mass is 32.2. The van der Waals surface area contributed by atoms with Crippen LogP contribution in [0, 0.1) is 6.92 Å². The lowest BCUT2D eigenvalue weighted by molar-refractivity contribution is 0.600. The van der Waals surface area contributed by atoms with Crippen molar-refractivity contribution in [1.29, 1.82) is 0 Å². The lowest BCUT2D eigenvalue weighted by atomic mass is 10.2. The lowest BCUT2D eigenvalue weighted by Gasteiger charge is -2.07. The zero-order chi connectivity index (χ0) is 12.2. The Morgan fingerprint density at radius 3 is 2.19 bits per heavy atom. The Hall–Kier alpha value is -1.09. The third-order valence-electron chi connectivity index (χ3n) is 2.46. The minimum atomic E-state index is -3.27. The summed E-state index contributed by atoms with van der Waals surface area (Å²) in [6, 6.07) is 6.99. The number of hydrogen-bond donors (Lipinski definition) is 0. The molecule has 0 aliphatic heterocycles. The van der Waals surface area contributed by atoms with Gasteiger partial charge in [-0.1, -0.05) is 37.6 Å². The minimum Gasteiger partial charge on any atom is -0.219 e. The fourth-order valence-corrected chi connectivity index (χ4v) is 3.10. The Labute approximate surface area is 97.9 Å². The molecule has 0 unspecified atom stereocenters. The van der Waals surface area contributed by atoms with E-state index >= 15 is 0 Å². The smallest absolute Gasteiger partial charge is 0.202 e. The molecular formula is C13H18O2S. The lowest BCUT2D eigenvalue weighted by Crippen LogP contribution is -2.04. The summed E-state index contributed by atoms with van der Waals surface area (Å²) in [7, 11) is -3.27. The van der Waals surface area contributed by atoms with Gasteiger partial charge in [-0.25, -0.2) is 8.42 Å². The largest absolute Gasteiger partial charge is 0.219 e. The van der Waals surface area contributed by atoms with E-state index in [1.165, 1.54) is 0 Å². The molecule has 0 aliphatic carbocycles. The second-order valence-corrected chi connectivity index (χ2v) is 5.75. The van der Waals surface area contributed by atoms with Crippen molar-refractivity contribution in [3.63, 3.8) is 0 Å². The van der Waals surface area contributed by atoms with Gasteiger partial charge < -0.3 is 0 Å². The molecule has 1 rings (SSSR count). The SMILES string of the molecule is CCC=C(CC)S(=O)(=O)c1ccc(C)cc1. The Bertz CT molecular complexity index is 467. The van der Waals surface area contributed by atoms with Gasteiger partial charge in [0, 0.05) is 4.91 Å². The van der Waals surface area contributed by atoms with Gasteiger partial charge in [0.15, 0.2) is 0 Å². The molecule has 3 heteroatoms. The molecule has 2 nitrogen and oxygen atoms in total. The maximum atomic E-state index is 12.2. The highest BCUT2D eigenvalue weighted by Crippen LogP contribution is 2.22. The monoisotopic (exact) mass is 238 g/mol. The molecule has 1 aromatic carbocycles. The second kappa shape index (κ2) is 5.30. The van der Waals surface area contributed by atoms with Gasteiger partial charge in [-0.05, 0) is 31.9 Å². The van der Waals surface area contributed by atoms with Crippen LogP contribution in [0.2, 0.25) is 0 Å². The van der Waals surface area contributed by atoms with Crippen LogP contribution in [0.1, 0.15) is 32.3 Å². The standard InChI is InChI=1S/C13H18O2S/c1-4-6-12(5-2)16(14,15)13-9-7-11(3)8-10-13/h6-10H,4-5H2,1-3H3. The van der Waals surface area contributed by atoms with Crippen LogP contribution in [0.15, 0.2) is 40.1 Å². The van der Waals surface area contributed by atoms with Crippen molar-refractivity contribution < 1.29 is 8.42 Å². The summed E-state index contributed by atoms with van der Waals surface area (Å²) >= 11 is 0. The van der Waals surface area contributed by atoms with Crippen LogP contribution in [0.5, 0.6) is 0 Å². The first-order valence-electron chi connectivity index (χ1n) is 5.53. The maximum Gasteiger partial charge on any atom is 0.202 e. The first-order valence-corrected chi connectivity index (χ1v) is 7.01. The molecule has 0 saturated carbocycles. The van der Waals surface area contributed by atoms with E-state index in [-0.39, 0.29) is 0 Å². The summed E-state index contributed by atoms with van der Waals surface area (Å²) < 4.78 is 24.4. The average Bonchev–Trinajstić information content (AvgIpc) is 2.26. The van der Waals surface area contributed by atoms with E-state index in [4.69, 9.17) is 0 Å². The molecule has 0 amide bonds. The molecule has 0 bridgehead atoms. The maximum absolute atomic E-state index is 12.2.